The molecule has 0 spiro atoms. The Bertz CT molecular complexity index is 306. The summed E-state index contributed by atoms with van der Waals surface area (Å²) in [6.45, 7) is 5.54. The number of carbonyl (C=O) groups excluding carboxylic acids is 1. The minimum absolute atomic E-state index is 0.135. The standard InChI is InChI=1S/C11H19NO4/c1-6(2)9-11(4-13)8(14)7(3)10(15)12(11)5-16-9/h6-9,13-14H,4-5H2,1-3H3/t7-,8+,9-,11?/m0/s1. The summed E-state index contributed by atoms with van der Waals surface area (Å²) in [6, 6.07) is 0. The number of fused-ring (bicyclic) bond motifs is 1. The molecule has 5 heteroatoms. The monoisotopic (exact) mass is 229 g/mol. The zero-order valence-corrected chi connectivity index (χ0v) is 9.88. The molecule has 1 amide bonds. The highest BCUT2D eigenvalue weighted by Gasteiger charge is 2.64. The van der Waals surface area contributed by atoms with Crippen molar-refractivity contribution in [1.29, 1.82) is 0 Å². The van der Waals surface area contributed by atoms with Crippen LogP contribution in [0, 0.1) is 11.8 Å². The van der Waals surface area contributed by atoms with E-state index >= 15 is 0 Å². The Labute approximate surface area is 95.0 Å². The van der Waals surface area contributed by atoms with E-state index < -0.39 is 17.6 Å². The summed E-state index contributed by atoms with van der Waals surface area (Å²) in [5.74, 6) is -0.452. The average Bonchev–Trinajstić information content (AvgIpc) is 2.72. The molecule has 0 aromatic rings. The molecule has 2 rings (SSSR count). The number of aliphatic hydroxyl groups excluding tert-OH is 2. The molecule has 1 unspecified atom stereocenters. The summed E-state index contributed by atoms with van der Waals surface area (Å²) in [6.07, 6.45) is -1.17. The van der Waals surface area contributed by atoms with E-state index in [0.717, 1.165) is 0 Å². The molecule has 0 bridgehead atoms. The Morgan fingerprint density at radius 1 is 1.62 bits per heavy atom. The zero-order valence-electron chi connectivity index (χ0n) is 9.88. The predicted molar refractivity (Wildman–Crippen MR) is 56.4 cm³/mol. The van der Waals surface area contributed by atoms with Crippen molar-refractivity contribution in [2.75, 3.05) is 13.3 Å². The fraction of sp³-hybridized carbons (Fsp3) is 0.909. The van der Waals surface area contributed by atoms with Gasteiger partial charge in [0.25, 0.3) is 0 Å². The lowest BCUT2D eigenvalue weighted by molar-refractivity contribution is -0.134. The Kier molecular flexibility index (Phi) is 2.72. The number of carbonyl (C=O) groups is 1. The summed E-state index contributed by atoms with van der Waals surface area (Å²) in [5.41, 5.74) is -0.940. The van der Waals surface area contributed by atoms with Gasteiger partial charge in [0.15, 0.2) is 0 Å². The Morgan fingerprint density at radius 2 is 2.25 bits per heavy atom. The second-order valence-corrected chi connectivity index (χ2v) is 5.11. The average molecular weight is 229 g/mol. The highest BCUT2D eigenvalue weighted by molar-refractivity contribution is 5.83. The van der Waals surface area contributed by atoms with Gasteiger partial charge in [-0.25, -0.2) is 0 Å². The van der Waals surface area contributed by atoms with Crippen molar-refractivity contribution < 1.29 is 19.7 Å². The molecule has 0 aromatic carbocycles. The number of hydrogen-bond donors (Lipinski definition) is 2. The van der Waals surface area contributed by atoms with Gasteiger partial charge in [0.1, 0.15) is 12.3 Å². The number of nitrogens with zero attached hydrogens (tertiary/aromatic N) is 1. The number of hydrogen-bond acceptors (Lipinski definition) is 4. The van der Waals surface area contributed by atoms with Crippen LogP contribution in [0.15, 0.2) is 0 Å². The van der Waals surface area contributed by atoms with Gasteiger partial charge in [0, 0.05) is 0 Å². The van der Waals surface area contributed by atoms with Gasteiger partial charge < -0.3 is 19.8 Å². The van der Waals surface area contributed by atoms with Gasteiger partial charge in [0.05, 0.1) is 24.7 Å². The highest BCUT2D eigenvalue weighted by Crippen LogP contribution is 2.44. The smallest absolute Gasteiger partial charge is 0.230 e. The van der Waals surface area contributed by atoms with Crippen molar-refractivity contribution in [2.45, 2.75) is 38.5 Å². The molecule has 2 fully saturated rings. The van der Waals surface area contributed by atoms with Gasteiger partial charge in [-0.15, -0.1) is 0 Å². The maximum Gasteiger partial charge on any atom is 0.230 e. The fourth-order valence-corrected chi connectivity index (χ4v) is 3.02. The molecule has 2 heterocycles. The van der Waals surface area contributed by atoms with Gasteiger partial charge >= 0.3 is 0 Å². The van der Waals surface area contributed by atoms with Crippen molar-refractivity contribution in [3.05, 3.63) is 0 Å². The van der Waals surface area contributed by atoms with Crippen LogP contribution in [0.3, 0.4) is 0 Å². The number of aliphatic hydroxyl groups is 2. The fourth-order valence-electron chi connectivity index (χ4n) is 3.02. The SMILES string of the molecule is CC(C)[C@@H]1OCN2C(=O)[C@@H](C)[C@@H](O)C12CO. The number of amides is 1. The maximum absolute atomic E-state index is 11.9. The molecule has 92 valence electrons. The first-order chi connectivity index (χ1) is 7.46. The van der Waals surface area contributed by atoms with Gasteiger partial charge in [-0.05, 0) is 5.92 Å². The molecule has 2 N–H and O–H groups in total. The zero-order chi connectivity index (χ0) is 12.1. The van der Waals surface area contributed by atoms with Crippen molar-refractivity contribution in [2.24, 2.45) is 11.8 Å². The van der Waals surface area contributed by atoms with Crippen LogP contribution in [0.4, 0.5) is 0 Å². The molecule has 2 saturated heterocycles. The highest BCUT2D eigenvalue weighted by atomic mass is 16.5. The second kappa shape index (κ2) is 3.68. The van der Waals surface area contributed by atoms with E-state index in [2.05, 4.69) is 0 Å². The summed E-state index contributed by atoms with van der Waals surface area (Å²) in [5, 5.41) is 19.8. The summed E-state index contributed by atoms with van der Waals surface area (Å²) in [4.78, 5) is 13.4. The predicted octanol–water partition coefficient (Wildman–Crippen LogP) is -0.431. The van der Waals surface area contributed by atoms with E-state index in [4.69, 9.17) is 4.74 Å². The molecular weight excluding hydrogens is 210 g/mol. The van der Waals surface area contributed by atoms with Crippen LogP contribution in [0.5, 0.6) is 0 Å². The third kappa shape index (κ3) is 1.19. The molecule has 0 radical (unpaired) electrons. The van der Waals surface area contributed by atoms with E-state index in [1.54, 1.807) is 6.92 Å². The second-order valence-electron chi connectivity index (χ2n) is 5.11. The largest absolute Gasteiger partial charge is 0.394 e. The maximum atomic E-state index is 11.9. The quantitative estimate of drug-likeness (QED) is 0.674. The molecule has 0 aromatic heterocycles. The van der Waals surface area contributed by atoms with Crippen LogP contribution in [0.2, 0.25) is 0 Å². The number of ether oxygens (including phenoxy) is 1. The molecule has 5 nitrogen and oxygen atoms in total. The lowest BCUT2D eigenvalue weighted by Gasteiger charge is -2.37. The third-order valence-electron chi connectivity index (χ3n) is 3.88. The first kappa shape index (κ1) is 11.8. The normalized spacial score (nSPS) is 43.2. The summed E-state index contributed by atoms with van der Waals surface area (Å²) < 4.78 is 5.55. The molecule has 0 saturated carbocycles. The first-order valence-electron chi connectivity index (χ1n) is 5.68. The Hall–Kier alpha value is -0.650. The van der Waals surface area contributed by atoms with Gasteiger partial charge in [-0.3, -0.25) is 4.79 Å². The lowest BCUT2D eigenvalue weighted by atomic mass is 9.80. The Balaban J connectivity index is 2.42. The van der Waals surface area contributed by atoms with E-state index in [1.807, 2.05) is 13.8 Å². The van der Waals surface area contributed by atoms with Gasteiger partial charge in [-0.1, -0.05) is 20.8 Å². The van der Waals surface area contributed by atoms with Crippen molar-refractivity contribution in [1.82, 2.24) is 4.90 Å². The molecular formula is C11H19NO4. The van der Waals surface area contributed by atoms with Crippen LogP contribution >= 0.6 is 0 Å². The molecule has 4 atom stereocenters. The minimum Gasteiger partial charge on any atom is -0.394 e. The summed E-state index contributed by atoms with van der Waals surface area (Å²) in [7, 11) is 0. The van der Waals surface area contributed by atoms with Crippen LogP contribution in [0.1, 0.15) is 20.8 Å². The van der Waals surface area contributed by atoms with E-state index in [9.17, 15) is 15.0 Å². The number of rotatable bonds is 2. The Morgan fingerprint density at radius 3 is 2.75 bits per heavy atom. The van der Waals surface area contributed by atoms with E-state index in [-0.39, 0.29) is 31.3 Å². The van der Waals surface area contributed by atoms with Gasteiger partial charge in [0.2, 0.25) is 5.91 Å². The molecule has 2 aliphatic heterocycles. The third-order valence-corrected chi connectivity index (χ3v) is 3.88. The van der Waals surface area contributed by atoms with E-state index in [0.29, 0.717) is 0 Å². The van der Waals surface area contributed by atoms with Crippen LogP contribution in [-0.2, 0) is 9.53 Å². The van der Waals surface area contributed by atoms with Crippen molar-refractivity contribution in [3.63, 3.8) is 0 Å². The van der Waals surface area contributed by atoms with Crippen LogP contribution < -0.4 is 0 Å². The van der Waals surface area contributed by atoms with Crippen LogP contribution in [-0.4, -0.2) is 52.1 Å². The van der Waals surface area contributed by atoms with Gasteiger partial charge in [-0.2, -0.15) is 0 Å². The van der Waals surface area contributed by atoms with Crippen molar-refractivity contribution >= 4 is 5.91 Å². The van der Waals surface area contributed by atoms with E-state index in [1.165, 1.54) is 4.90 Å². The van der Waals surface area contributed by atoms with Crippen molar-refractivity contribution in [3.8, 4) is 0 Å². The first-order valence-corrected chi connectivity index (χ1v) is 5.68. The molecule has 16 heavy (non-hydrogen) atoms. The molecule has 2 aliphatic rings. The molecule has 0 aliphatic carbocycles. The summed E-state index contributed by atoms with van der Waals surface area (Å²) >= 11 is 0. The van der Waals surface area contributed by atoms with Crippen LogP contribution in [0.25, 0.3) is 0 Å². The topological polar surface area (TPSA) is 70.0 Å². The lowest BCUT2D eigenvalue weighted by Crippen LogP contribution is -2.58. The minimum atomic E-state index is -0.940.